The molecule has 0 N–H and O–H groups in total. The van der Waals surface area contributed by atoms with Gasteiger partial charge in [-0.1, -0.05) is 15.9 Å². The number of nitrogens with zero attached hydrogens (tertiary/aromatic N) is 2. The van der Waals surface area contributed by atoms with Crippen molar-refractivity contribution in [3.05, 3.63) is 58.8 Å². The summed E-state index contributed by atoms with van der Waals surface area (Å²) in [5, 5.41) is 0. The monoisotopic (exact) mass is 260 g/mol. The first-order chi connectivity index (χ1) is 7.34. The molecule has 74 valence electrons. The van der Waals surface area contributed by atoms with Crippen LogP contribution in [0, 0.1) is 0 Å². The summed E-state index contributed by atoms with van der Waals surface area (Å²) >= 11 is 3.38. The zero-order valence-corrected chi connectivity index (χ0v) is 9.55. The normalized spacial score (nSPS) is 10.7. The first-order valence-corrected chi connectivity index (χ1v) is 5.33. The van der Waals surface area contributed by atoms with E-state index in [1.807, 2.05) is 42.6 Å². The third-order valence-electron chi connectivity index (χ3n) is 1.90. The molecule has 0 amide bonds. The second kappa shape index (κ2) is 4.84. The van der Waals surface area contributed by atoms with Gasteiger partial charge in [-0.05, 0) is 42.0 Å². The Morgan fingerprint density at radius 1 is 1.00 bits per heavy atom. The third kappa shape index (κ3) is 2.99. The first kappa shape index (κ1) is 10.1. The topological polar surface area (TPSA) is 25.2 Å². The lowest BCUT2D eigenvalue weighted by Crippen LogP contribution is -1.79. The van der Waals surface area contributed by atoms with Crippen LogP contribution in [0.15, 0.2) is 58.3 Å². The van der Waals surface area contributed by atoms with Gasteiger partial charge in [0.15, 0.2) is 0 Å². The Bertz CT molecular complexity index is 449. The molecule has 1 aromatic carbocycles. The number of aromatic nitrogens is 1. The van der Waals surface area contributed by atoms with Gasteiger partial charge < -0.3 is 0 Å². The Morgan fingerprint density at radius 3 is 2.33 bits per heavy atom. The van der Waals surface area contributed by atoms with Crippen molar-refractivity contribution in [1.82, 2.24) is 4.98 Å². The molecule has 0 unspecified atom stereocenters. The fourth-order valence-electron chi connectivity index (χ4n) is 1.13. The molecular weight excluding hydrogens is 252 g/mol. The molecule has 0 radical (unpaired) electrons. The van der Waals surface area contributed by atoms with E-state index >= 15 is 0 Å². The lowest BCUT2D eigenvalue weighted by atomic mass is 10.3. The summed E-state index contributed by atoms with van der Waals surface area (Å²) in [5.41, 5.74) is 1.99. The Balaban J connectivity index is 2.15. The third-order valence-corrected chi connectivity index (χ3v) is 2.42. The van der Waals surface area contributed by atoms with Crippen LogP contribution in [0.5, 0.6) is 0 Å². The maximum Gasteiger partial charge on any atom is 0.0630 e. The summed E-state index contributed by atoms with van der Waals surface area (Å²) in [7, 11) is 0. The zero-order valence-electron chi connectivity index (χ0n) is 7.97. The van der Waals surface area contributed by atoms with Gasteiger partial charge in [-0.2, -0.15) is 0 Å². The van der Waals surface area contributed by atoms with Crippen molar-refractivity contribution in [3.63, 3.8) is 0 Å². The minimum absolute atomic E-state index is 0.940. The SMILES string of the molecule is Brc1ccc(/N=C\c2ccncc2)cc1. The van der Waals surface area contributed by atoms with E-state index in [0.29, 0.717) is 0 Å². The zero-order chi connectivity index (χ0) is 10.5. The fourth-order valence-corrected chi connectivity index (χ4v) is 1.39. The first-order valence-electron chi connectivity index (χ1n) is 4.54. The summed E-state index contributed by atoms with van der Waals surface area (Å²) in [5.74, 6) is 0. The summed E-state index contributed by atoms with van der Waals surface area (Å²) in [6.07, 6.45) is 5.33. The van der Waals surface area contributed by atoms with Crippen LogP contribution in [0.2, 0.25) is 0 Å². The largest absolute Gasteiger partial charge is 0.265 e. The van der Waals surface area contributed by atoms with Crippen molar-refractivity contribution in [2.24, 2.45) is 4.99 Å². The van der Waals surface area contributed by atoms with Crippen molar-refractivity contribution in [2.75, 3.05) is 0 Å². The van der Waals surface area contributed by atoms with Gasteiger partial charge in [-0.15, -0.1) is 0 Å². The van der Waals surface area contributed by atoms with Gasteiger partial charge >= 0.3 is 0 Å². The molecule has 0 fully saturated rings. The molecule has 0 aliphatic rings. The number of hydrogen-bond acceptors (Lipinski definition) is 2. The Kier molecular flexibility index (Phi) is 3.25. The molecule has 0 saturated heterocycles. The average molecular weight is 261 g/mol. The summed E-state index contributed by atoms with van der Waals surface area (Å²) in [6, 6.07) is 11.7. The Labute approximate surface area is 96.8 Å². The minimum atomic E-state index is 0.940. The van der Waals surface area contributed by atoms with Crippen LogP contribution in [0.4, 0.5) is 5.69 Å². The molecule has 0 spiro atoms. The molecule has 2 aromatic rings. The standard InChI is InChI=1S/C12H9BrN2/c13-11-1-3-12(4-2-11)15-9-10-5-7-14-8-6-10/h1-9H/b15-9-. The molecule has 2 nitrogen and oxygen atoms in total. The molecule has 0 bridgehead atoms. The second-order valence-electron chi connectivity index (χ2n) is 3.02. The number of halogens is 1. The van der Waals surface area contributed by atoms with E-state index in [1.165, 1.54) is 0 Å². The Hall–Kier alpha value is -1.48. The maximum absolute atomic E-state index is 4.34. The molecule has 2 rings (SSSR count). The molecule has 1 aromatic heterocycles. The quantitative estimate of drug-likeness (QED) is 0.758. The van der Waals surface area contributed by atoms with Crippen molar-refractivity contribution in [3.8, 4) is 0 Å². The van der Waals surface area contributed by atoms with Crippen LogP contribution in [0.3, 0.4) is 0 Å². The Morgan fingerprint density at radius 2 is 1.67 bits per heavy atom. The lowest BCUT2D eigenvalue weighted by Gasteiger charge is -1.94. The molecular formula is C12H9BrN2. The predicted octanol–water partition coefficient (Wildman–Crippen LogP) is 3.59. The smallest absolute Gasteiger partial charge is 0.0630 e. The number of rotatable bonds is 2. The maximum atomic E-state index is 4.34. The van der Waals surface area contributed by atoms with Crippen molar-refractivity contribution >= 4 is 27.8 Å². The van der Waals surface area contributed by atoms with Gasteiger partial charge in [0, 0.05) is 23.1 Å². The molecule has 0 aliphatic carbocycles. The lowest BCUT2D eigenvalue weighted by molar-refractivity contribution is 1.32. The van der Waals surface area contributed by atoms with E-state index < -0.39 is 0 Å². The van der Waals surface area contributed by atoms with Crippen molar-refractivity contribution < 1.29 is 0 Å². The van der Waals surface area contributed by atoms with Crippen LogP contribution in [0.1, 0.15) is 5.56 Å². The highest BCUT2D eigenvalue weighted by atomic mass is 79.9. The van der Waals surface area contributed by atoms with E-state index in [4.69, 9.17) is 0 Å². The van der Waals surface area contributed by atoms with Gasteiger partial charge in [0.1, 0.15) is 0 Å². The van der Waals surface area contributed by atoms with Crippen LogP contribution in [-0.2, 0) is 0 Å². The summed E-state index contributed by atoms with van der Waals surface area (Å²) in [6.45, 7) is 0. The number of benzene rings is 1. The van der Waals surface area contributed by atoms with E-state index in [9.17, 15) is 0 Å². The number of hydrogen-bond donors (Lipinski definition) is 0. The van der Waals surface area contributed by atoms with Gasteiger partial charge in [0.2, 0.25) is 0 Å². The van der Waals surface area contributed by atoms with Crippen LogP contribution in [0.25, 0.3) is 0 Å². The second-order valence-corrected chi connectivity index (χ2v) is 3.93. The van der Waals surface area contributed by atoms with E-state index in [2.05, 4.69) is 25.9 Å². The van der Waals surface area contributed by atoms with Crippen molar-refractivity contribution in [2.45, 2.75) is 0 Å². The van der Waals surface area contributed by atoms with Crippen LogP contribution >= 0.6 is 15.9 Å². The summed E-state index contributed by atoms with van der Waals surface area (Å²) < 4.78 is 1.06. The number of aliphatic imine (C=N–C) groups is 1. The molecule has 1 heterocycles. The molecule has 3 heteroatoms. The summed E-state index contributed by atoms with van der Waals surface area (Å²) in [4.78, 5) is 8.29. The van der Waals surface area contributed by atoms with Crippen LogP contribution < -0.4 is 0 Å². The number of pyridine rings is 1. The molecule has 0 atom stereocenters. The average Bonchev–Trinajstić information content (AvgIpc) is 2.30. The highest BCUT2D eigenvalue weighted by molar-refractivity contribution is 9.10. The van der Waals surface area contributed by atoms with Crippen molar-refractivity contribution in [1.29, 1.82) is 0 Å². The van der Waals surface area contributed by atoms with Gasteiger partial charge in [-0.25, -0.2) is 0 Å². The van der Waals surface area contributed by atoms with E-state index in [0.717, 1.165) is 15.7 Å². The molecule has 0 saturated carbocycles. The van der Waals surface area contributed by atoms with Gasteiger partial charge in [-0.3, -0.25) is 9.98 Å². The van der Waals surface area contributed by atoms with Gasteiger partial charge in [0.05, 0.1) is 5.69 Å². The van der Waals surface area contributed by atoms with E-state index in [1.54, 1.807) is 12.4 Å². The highest BCUT2D eigenvalue weighted by Gasteiger charge is 1.89. The molecule has 0 aliphatic heterocycles. The van der Waals surface area contributed by atoms with Crippen LogP contribution in [-0.4, -0.2) is 11.2 Å². The highest BCUT2D eigenvalue weighted by Crippen LogP contribution is 2.16. The minimum Gasteiger partial charge on any atom is -0.265 e. The predicted molar refractivity (Wildman–Crippen MR) is 65.6 cm³/mol. The fraction of sp³-hybridized carbons (Fsp3) is 0. The van der Waals surface area contributed by atoms with Gasteiger partial charge in [0.25, 0.3) is 0 Å². The molecule has 15 heavy (non-hydrogen) atoms. The van der Waals surface area contributed by atoms with E-state index in [-0.39, 0.29) is 0 Å².